The number of anilines is 1. The Kier molecular flexibility index (Phi) is 3.62. The van der Waals surface area contributed by atoms with Crippen molar-refractivity contribution in [2.24, 2.45) is 5.73 Å². The molecule has 0 atom stereocenters. The minimum absolute atomic E-state index is 0.234. The van der Waals surface area contributed by atoms with E-state index >= 15 is 0 Å². The van der Waals surface area contributed by atoms with Crippen LogP contribution in [-0.4, -0.2) is 5.91 Å². The van der Waals surface area contributed by atoms with E-state index in [0.717, 1.165) is 5.56 Å². The SMILES string of the molecule is Cc1ccc(Cl)cc1Oc1ccc(N)c(C(N)=O)c1. The third-order valence-electron chi connectivity index (χ3n) is 2.67. The van der Waals surface area contributed by atoms with Gasteiger partial charge < -0.3 is 16.2 Å². The molecule has 19 heavy (non-hydrogen) atoms. The number of aryl methyl sites for hydroxylation is 1. The Balaban J connectivity index is 2.36. The number of rotatable bonds is 3. The van der Waals surface area contributed by atoms with Gasteiger partial charge in [-0.25, -0.2) is 0 Å². The van der Waals surface area contributed by atoms with Crippen LogP contribution in [0.2, 0.25) is 5.02 Å². The molecule has 98 valence electrons. The Morgan fingerprint density at radius 1 is 1.21 bits per heavy atom. The first kappa shape index (κ1) is 13.2. The highest BCUT2D eigenvalue weighted by atomic mass is 35.5. The summed E-state index contributed by atoms with van der Waals surface area (Å²) in [5, 5.41) is 0.575. The summed E-state index contributed by atoms with van der Waals surface area (Å²) in [6, 6.07) is 10.1. The molecule has 0 aliphatic carbocycles. The Labute approximate surface area is 115 Å². The molecule has 2 rings (SSSR count). The second-order valence-corrected chi connectivity index (χ2v) is 4.56. The van der Waals surface area contributed by atoms with Crippen LogP contribution in [0.3, 0.4) is 0 Å². The lowest BCUT2D eigenvalue weighted by Gasteiger charge is -2.10. The molecule has 0 aromatic heterocycles. The largest absolute Gasteiger partial charge is 0.457 e. The molecule has 0 aliphatic heterocycles. The van der Waals surface area contributed by atoms with Crippen LogP contribution in [0.1, 0.15) is 15.9 Å². The molecule has 0 saturated heterocycles. The molecule has 2 aromatic carbocycles. The fourth-order valence-electron chi connectivity index (χ4n) is 1.62. The number of nitrogens with two attached hydrogens (primary N) is 2. The van der Waals surface area contributed by atoms with E-state index in [2.05, 4.69) is 0 Å². The predicted molar refractivity (Wildman–Crippen MR) is 75.6 cm³/mol. The van der Waals surface area contributed by atoms with E-state index in [-0.39, 0.29) is 5.56 Å². The third kappa shape index (κ3) is 2.98. The molecule has 0 bridgehead atoms. The van der Waals surface area contributed by atoms with Gasteiger partial charge >= 0.3 is 0 Å². The molecular formula is C14H13ClN2O2. The molecule has 1 amide bonds. The monoisotopic (exact) mass is 276 g/mol. The minimum Gasteiger partial charge on any atom is -0.457 e. The Morgan fingerprint density at radius 3 is 2.63 bits per heavy atom. The van der Waals surface area contributed by atoms with Crippen LogP contribution < -0.4 is 16.2 Å². The summed E-state index contributed by atoms with van der Waals surface area (Å²) in [5.74, 6) is 0.506. The third-order valence-corrected chi connectivity index (χ3v) is 2.90. The molecule has 4 N–H and O–H groups in total. The van der Waals surface area contributed by atoms with Gasteiger partial charge in [0.2, 0.25) is 0 Å². The van der Waals surface area contributed by atoms with Gasteiger partial charge in [0.25, 0.3) is 5.91 Å². The summed E-state index contributed by atoms with van der Waals surface area (Å²) in [4.78, 5) is 11.2. The zero-order chi connectivity index (χ0) is 14.0. The van der Waals surface area contributed by atoms with Gasteiger partial charge in [0.05, 0.1) is 5.56 Å². The Bertz CT molecular complexity index is 641. The van der Waals surface area contributed by atoms with Crippen molar-refractivity contribution in [3.8, 4) is 11.5 Å². The Morgan fingerprint density at radius 2 is 1.95 bits per heavy atom. The summed E-state index contributed by atoms with van der Waals surface area (Å²) in [7, 11) is 0. The van der Waals surface area contributed by atoms with E-state index in [1.54, 1.807) is 24.3 Å². The zero-order valence-electron chi connectivity index (χ0n) is 10.3. The smallest absolute Gasteiger partial charge is 0.250 e. The zero-order valence-corrected chi connectivity index (χ0v) is 11.1. The number of amides is 1. The van der Waals surface area contributed by atoms with Crippen molar-refractivity contribution in [2.75, 3.05) is 5.73 Å². The van der Waals surface area contributed by atoms with Crippen molar-refractivity contribution in [2.45, 2.75) is 6.92 Å². The average Bonchev–Trinajstić information content (AvgIpc) is 2.36. The van der Waals surface area contributed by atoms with Crippen molar-refractivity contribution in [1.29, 1.82) is 0 Å². The normalized spacial score (nSPS) is 10.2. The van der Waals surface area contributed by atoms with Gasteiger partial charge in [-0.2, -0.15) is 0 Å². The number of carbonyl (C=O) groups is 1. The van der Waals surface area contributed by atoms with E-state index in [4.69, 9.17) is 27.8 Å². The number of ether oxygens (including phenoxy) is 1. The van der Waals surface area contributed by atoms with Gasteiger partial charge in [-0.05, 0) is 42.8 Å². The van der Waals surface area contributed by atoms with Crippen molar-refractivity contribution in [3.05, 3.63) is 52.5 Å². The first-order valence-electron chi connectivity index (χ1n) is 5.60. The molecule has 0 saturated carbocycles. The van der Waals surface area contributed by atoms with E-state index in [0.29, 0.717) is 22.2 Å². The van der Waals surface area contributed by atoms with E-state index in [9.17, 15) is 4.79 Å². The highest BCUT2D eigenvalue weighted by molar-refractivity contribution is 6.30. The molecule has 0 unspecified atom stereocenters. The van der Waals surface area contributed by atoms with Crippen LogP contribution in [0.5, 0.6) is 11.5 Å². The molecule has 0 radical (unpaired) electrons. The average molecular weight is 277 g/mol. The summed E-state index contributed by atoms with van der Waals surface area (Å²) in [6.45, 7) is 1.90. The van der Waals surface area contributed by atoms with Crippen LogP contribution in [0, 0.1) is 6.92 Å². The van der Waals surface area contributed by atoms with E-state index in [1.165, 1.54) is 6.07 Å². The molecule has 0 spiro atoms. The summed E-state index contributed by atoms with van der Waals surface area (Å²) >= 11 is 5.92. The van der Waals surface area contributed by atoms with Crippen LogP contribution in [0.15, 0.2) is 36.4 Å². The Hall–Kier alpha value is -2.20. The van der Waals surface area contributed by atoms with Crippen molar-refractivity contribution in [3.63, 3.8) is 0 Å². The molecular weight excluding hydrogens is 264 g/mol. The number of primary amides is 1. The quantitative estimate of drug-likeness (QED) is 0.846. The van der Waals surface area contributed by atoms with Crippen LogP contribution >= 0.6 is 11.6 Å². The standard InChI is InChI=1S/C14H13ClN2O2/c1-8-2-3-9(15)6-13(8)19-10-4-5-12(16)11(7-10)14(17)18/h2-7H,16H2,1H3,(H2,17,18). The summed E-state index contributed by atoms with van der Waals surface area (Å²) in [5.41, 5.74) is 12.4. The van der Waals surface area contributed by atoms with Gasteiger partial charge in [0, 0.05) is 10.7 Å². The molecule has 2 aromatic rings. The maximum atomic E-state index is 11.2. The molecule has 0 aliphatic rings. The van der Waals surface area contributed by atoms with Crippen LogP contribution in [0.25, 0.3) is 0 Å². The molecule has 0 fully saturated rings. The molecule has 5 heteroatoms. The van der Waals surface area contributed by atoms with Crippen molar-refractivity contribution >= 4 is 23.2 Å². The van der Waals surface area contributed by atoms with Crippen molar-refractivity contribution in [1.82, 2.24) is 0 Å². The lowest BCUT2D eigenvalue weighted by Crippen LogP contribution is -2.13. The number of nitrogen functional groups attached to an aromatic ring is 1. The lowest BCUT2D eigenvalue weighted by molar-refractivity contribution is 0.100. The van der Waals surface area contributed by atoms with Crippen molar-refractivity contribution < 1.29 is 9.53 Å². The molecule has 4 nitrogen and oxygen atoms in total. The molecule has 0 heterocycles. The highest BCUT2D eigenvalue weighted by Gasteiger charge is 2.09. The number of benzene rings is 2. The van der Waals surface area contributed by atoms with Gasteiger partial charge in [-0.1, -0.05) is 17.7 Å². The number of halogens is 1. The van der Waals surface area contributed by atoms with Gasteiger partial charge in [-0.3, -0.25) is 4.79 Å². The number of hydrogen-bond donors (Lipinski definition) is 2. The topological polar surface area (TPSA) is 78.3 Å². The van der Waals surface area contributed by atoms with E-state index in [1.807, 2.05) is 13.0 Å². The second kappa shape index (κ2) is 5.20. The van der Waals surface area contributed by atoms with Gasteiger partial charge in [0.1, 0.15) is 11.5 Å². The van der Waals surface area contributed by atoms with Gasteiger partial charge in [-0.15, -0.1) is 0 Å². The maximum Gasteiger partial charge on any atom is 0.250 e. The highest BCUT2D eigenvalue weighted by Crippen LogP contribution is 2.29. The summed E-state index contributed by atoms with van der Waals surface area (Å²) in [6.07, 6.45) is 0. The maximum absolute atomic E-state index is 11.2. The fourth-order valence-corrected chi connectivity index (χ4v) is 1.79. The first-order chi connectivity index (χ1) is 8.97. The minimum atomic E-state index is -0.592. The second-order valence-electron chi connectivity index (χ2n) is 4.13. The number of carbonyl (C=O) groups excluding carboxylic acids is 1. The van der Waals surface area contributed by atoms with E-state index < -0.39 is 5.91 Å². The fraction of sp³-hybridized carbons (Fsp3) is 0.0714. The first-order valence-corrected chi connectivity index (χ1v) is 5.98. The predicted octanol–water partition coefficient (Wildman–Crippen LogP) is 3.12. The summed E-state index contributed by atoms with van der Waals surface area (Å²) < 4.78 is 5.69. The lowest BCUT2D eigenvalue weighted by atomic mass is 10.1. The van der Waals surface area contributed by atoms with Gasteiger partial charge in [0.15, 0.2) is 0 Å². The van der Waals surface area contributed by atoms with Crippen LogP contribution in [-0.2, 0) is 0 Å². The number of hydrogen-bond acceptors (Lipinski definition) is 3. The van der Waals surface area contributed by atoms with Crippen LogP contribution in [0.4, 0.5) is 5.69 Å².